The maximum Gasteiger partial charge on any atom is 0.251 e. The van der Waals surface area contributed by atoms with Crippen LogP contribution in [0, 0.1) is 5.82 Å². The smallest absolute Gasteiger partial charge is 0.251 e. The quantitative estimate of drug-likeness (QED) is 0.756. The molecule has 2 N–H and O–H groups in total. The van der Waals surface area contributed by atoms with E-state index in [1.807, 2.05) is 0 Å². The molecule has 0 saturated carbocycles. The summed E-state index contributed by atoms with van der Waals surface area (Å²) in [6, 6.07) is 7.38. The van der Waals surface area contributed by atoms with Crippen LogP contribution < -0.4 is 5.32 Å². The second-order valence-corrected chi connectivity index (χ2v) is 6.08. The number of nitrogens with zero attached hydrogens (tertiary/aromatic N) is 3. The highest BCUT2D eigenvalue weighted by atomic mass is 19.1. The molecule has 0 fully saturated rings. The SMILES string of the molecule is O=C1NCCc2c1ccnc2-c1cc(Cc2cc(O)cc(F)c2)ncn1. The zero-order chi connectivity index (χ0) is 18.1. The molecule has 0 unspecified atom stereocenters. The van der Waals surface area contributed by atoms with Crippen molar-refractivity contribution in [2.24, 2.45) is 0 Å². The molecule has 1 amide bonds. The van der Waals surface area contributed by atoms with Gasteiger partial charge in [-0.3, -0.25) is 9.78 Å². The minimum Gasteiger partial charge on any atom is -0.508 e. The fourth-order valence-electron chi connectivity index (χ4n) is 3.14. The van der Waals surface area contributed by atoms with Crippen LogP contribution in [0.15, 0.2) is 42.9 Å². The summed E-state index contributed by atoms with van der Waals surface area (Å²) in [5.41, 5.74) is 4.01. The summed E-state index contributed by atoms with van der Waals surface area (Å²) in [6.07, 6.45) is 4.04. The van der Waals surface area contributed by atoms with Gasteiger partial charge in [0.2, 0.25) is 0 Å². The summed E-state index contributed by atoms with van der Waals surface area (Å²) in [7, 11) is 0. The lowest BCUT2D eigenvalue weighted by Crippen LogP contribution is -2.32. The summed E-state index contributed by atoms with van der Waals surface area (Å²) in [5, 5.41) is 12.4. The van der Waals surface area contributed by atoms with Crippen molar-refractivity contribution in [2.75, 3.05) is 6.54 Å². The van der Waals surface area contributed by atoms with Crippen LogP contribution in [0.3, 0.4) is 0 Å². The van der Waals surface area contributed by atoms with Crippen LogP contribution in [0.5, 0.6) is 5.75 Å². The van der Waals surface area contributed by atoms with Gasteiger partial charge in [-0.2, -0.15) is 0 Å². The van der Waals surface area contributed by atoms with Crippen LogP contribution in [-0.2, 0) is 12.8 Å². The molecule has 26 heavy (non-hydrogen) atoms. The zero-order valence-electron chi connectivity index (χ0n) is 13.7. The van der Waals surface area contributed by atoms with Crippen molar-refractivity contribution < 1.29 is 14.3 Å². The number of carbonyl (C=O) groups excluding carboxylic acids is 1. The minimum atomic E-state index is -0.501. The van der Waals surface area contributed by atoms with Crippen molar-refractivity contribution in [3.8, 4) is 17.1 Å². The second-order valence-electron chi connectivity index (χ2n) is 6.08. The van der Waals surface area contributed by atoms with Crippen molar-refractivity contribution in [3.05, 3.63) is 71.1 Å². The number of carbonyl (C=O) groups is 1. The highest BCUT2D eigenvalue weighted by Gasteiger charge is 2.21. The molecule has 0 bridgehead atoms. The first-order valence-corrected chi connectivity index (χ1v) is 8.16. The van der Waals surface area contributed by atoms with Gasteiger partial charge in [-0.1, -0.05) is 0 Å². The lowest BCUT2D eigenvalue weighted by Gasteiger charge is -2.18. The third-order valence-electron chi connectivity index (χ3n) is 4.25. The Labute approximate surface area is 148 Å². The topological polar surface area (TPSA) is 88.0 Å². The van der Waals surface area contributed by atoms with E-state index in [1.165, 1.54) is 18.5 Å². The van der Waals surface area contributed by atoms with Crippen LogP contribution >= 0.6 is 0 Å². The maximum atomic E-state index is 13.5. The largest absolute Gasteiger partial charge is 0.508 e. The van der Waals surface area contributed by atoms with E-state index in [0.717, 1.165) is 11.6 Å². The highest BCUT2D eigenvalue weighted by Crippen LogP contribution is 2.25. The molecule has 1 aromatic carbocycles. The molecule has 0 radical (unpaired) electrons. The molecule has 130 valence electrons. The number of phenolic OH excluding ortho intramolecular Hbond substituents is 1. The van der Waals surface area contributed by atoms with Gasteiger partial charge in [0, 0.05) is 36.5 Å². The number of phenols is 1. The third-order valence-corrected chi connectivity index (χ3v) is 4.25. The normalized spacial score (nSPS) is 13.2. The zero-order valence-corrected chi connectivity index (χ0v) is 13.7. The van der Waals surface area contributed by atoms with Crippen LogP contribution in [0.1, 0.15) is 27.2 Å². The number of hydrogen-bond acceptors (Lipinski definition) is 5. The van der Waals surface area contributed by atoms with Gasteiger partial charge in [-0.25, -0.2) is 14.4 Å². The van der Waals surface area contributed by atoms with Crippen LogP contribution in [0.2, 0.25) is 0 Å². The number of aromatic hydroxyl groups is 1. The molecule has 4 rings (SSSR count). The lowest BCUT2D eigenvalue weighted by atomic mass is 9.97. The lowest BCUT2D eigenvalue weighted by molar-refractivity contribution is 0.0946. The van der Waals surface area contributed by atoms with Gasteiger partial charge in [0.1, 0.15) is 17.9 Å². The summed E-state index contributed by atoms with van der Waals surface area (Å²) < 4.78 is 13.5. The number of rotatable bonds is 3. The molecule has 0 aliphatic carbocycles. The monoisotopic (exact) mass is 350 g/mol. The van der Waals surface area contributed by atoms with Gasteiger partial charge in [0.05, 0.1) is 11.4 Å². The van der Waals surface area contributed by atoms with Crippen molar-refractivity contribution in [1.29, 1.82) is 0 Å². The Kier molecular flexibility index (Phi) is 4.04. The average Bonchev–Trinajstić information content (AvgIpc) is 2.61. The Morgan fingerprint density at radius 3 is 2.88 bits per heavy atom. The van der Waals surface area contributed by atoms with Gasteiger partial charge in [0.15, 0.2) is 0 Å². The Morgan fingerprint density at radius 2 is 2.04 bits per heavy atom. The predicted molar refractivity (Wildman–Crippen MR) is 92.2 cm³/mol. The molecule has 0 spiro atoms. The van der Waals surface area contributed by atoms with Crippen LogP contribution in [0.4, 0.5) is 4.39 Å². The molecule has 0 saturated heterocycles. The van der Waals surface area contributed by atoms with Gasteiger partial charge in [0.25, 0.3) is 5.91 Å². The molecular weight excluding hydrogens is 335 g/mol. The highest BCUT2D eigenvalue weighted by molar-refractivity contribution is 5.98. The van der Waals surface area contributed by atoms with E-state index in [-0.39, 0.29) is 11.7 Å². The minimum absolute atomic E-state index is 0.112. The maximum absolute atomic E-state index is 13.5. The molecule has 1 aliphatic rings. The van der Waals surface area contributed by atoms with E-state index >= 15 is 0 Å². The number of fused-ring (bicyclic) bond motifs is 1. The molecule has 1 aliphatic heterocycles. The molecule has 6 nitrogen and oxygen atoms in total. The number of amides is 1. The Hall–Kier alpha value is -3.35. The number of aromatic nitrogens is 3. The summed E-state index contributed by atoms with van der Waals surface area (Å²) >= 11 is 0. The van der Waals surface area contributed by atoms with Crippen molar-refractivity contribution in [1.82, 2.24) is 20.3 Å². The molecule has 3 aromatic rings. The fraction of sp³-hybridized carbons (Fsp3) is 0.158. The Morgan fingerprint density at radius 1 is 1.15 bits per heavy atom. The fourth-order valence-corrected chi connectivity index (χ4v) is 3.14. The standard InChI is InChI=1S/C19H15FN4O2/c20-12-5-11(7-14(25)8-12)6-13-9-17(24-10-23-13)18-15-1-4-22-19(26)16(15)2-3-21-18/h2-3,5,7-10,25H,1,4,6H2,(H,22,26). The predicted octanol–water partition coefficient (Wildman–Crippen LogP) is 2.26. The first kappa shape index (κ1) is 16.1. The number of hydrogen-bond donors (Lipinski definition) is 2. The van der Waals surface area contributed by atoms with Gasteiger partial charge in [-0.05, 0) is 41.8 Å². The van der Waals surface area contributed by atoms with Gasteiger partial charge < -0.3 is 10.4 Å². The van der Waals surface area contributed by atoms with Crippen LogP contribution in [0.25, 0.3) is 11.4 Å². The van der Waals surface area contributed by atoms with Crippen molar-refractivity contribution in [2.45, 2.75) is 12.8 Å². The molecule has 2 aromatic heterocycles. The van der Waals surface area contributed by atoms with Gasteiger partial charge in [-0.15, -0.1) is 0 Å². The van der Waals surface area contributed by atoms with Gasteiger partial charge >= 0.3 is 0 Å². The van der Waals surface area contributed by atoms with E-state index in [9.17, 15) is 14.3 Å². The number of halogens is 1. The molecule has 7 heteroatoms. The van der Waals surface area contributed by atoms with Crippen LogP contribution in [-0.4, -0.2) is 32.5 Å². The summed E-state index contributed by atoms with van der Waals surface area (Å²) in [4.78, 5) is 24.9. The average molecular weight is 350 g/mol. The molecular formula is C19H15FN4O2. The Balaban J connectivity index is 1.71. The third kappa shape index (κ3) is 3.11. The van der Waals surface area contributed by atoms with Crippen molar-refractivity contribution in [3.63, 3.8) is 0 Å². The molecule has 3 heterocycles. The number of pyridine rings is 1. The molecule has 0 atom stereocenters. The van der Waals surface area contributed by atoms with E-state index in [2.05, 4.69) is 20.3 Å². The number of nitrogens with one attached hydrogen (secondary N) is 1. The van der Waals surface area contributed by atoms with E-state index < -0.39 is 5.82 Å². The first-order valence-electron chi connectivity index (χ1n) is 8.16. The second kappa shape index (κ2) is 6.51. The van der Waals surface area contributed by atoms with E-state index in [0.29, 0.717) is 47.6 Å². The Bertz CT molecular complexity index is 986. The van der Waals surface area contributed by atoms with Crippen molar-refractivity contribution >= 4 is 5.91 Å². The summed E-state index contributed by atoms with van der Waals surface area (Å²) in [6.45, 7) is 0.561. The first-order chi connectivity index (χ1) is 12.6. The number of benzene rings is 1. The van der Waals surface area contributed by atoms with E-state index in [1.54, 1.807) is 18.3 Å². The summed E-state index contributed by atoms with van der Waals surface area (Å²) in [5.74, 6) is -0.738. The van der Waals surface area contributed by atoms with E-state index in [4.69, 9.17) is 0 Å².